The van der Waals surface area contributed by atoms with Gasteiger partial charge in [0.1, 0.15) is 48.5 Å². The second-order valence-corrected chi connectivity index (χ2v) is 14.5. The highest BCUT2D eigenvalue weighted by atomic mass is 16.5. The lowest BCUT2D eigenvalue weighted by Gasteiger charge is -2.42. The number of amides is 4. The lowest BCUT2D eigenvalue weighted by Crippen LogP contribution is -2.64. The van der Waals surface area contributed by atoms with E-state index in [1.807, 2.05) is 34.6 Å². The second kappa shape index (κ2) is 17.0. The number of carbonyl (C=O) groups excluding carboxylic acids is 5. The van der Waals surface area contributed by atoms with Crippen molar-refractivity contribution in [1.82, 2.24) is 25.8 Å². The fourth-order valence-electron chi connectivity index (χ4n) is 7.06. The van der Waals surface area contributed by atoms with Crippen LogP contribution in [-0.4, -0.2) is 112 Å². The molecule has 3 saturated heterocycles. The van der Waals surface area contributed by atoms with Crippen molar-refractivity contribution in [2.45, 2.75) is 141 Å². The maximum absolute atomic E-state index is 14.2. The van der Waals surface area contributed by atoms with E-state index in [9.17, 15) is 34.2 Å². The highest BCUT2D eigenvalue weighted by Crippen LogP contribution is 2.36. The van der Waals surface area contributed by atoms with E-state index in [2.05, 4.69) is 16.0 Å². The van der Waals surface area contributed by atoms with Crippen LogP contribution >= 0.6 is 0 Å². The molecule has 0 radical (unpaired) electrons. The summed E-state index contributed by atoms with van der Waals surface area (Å²) in [6, 6.07) is 1.49. The minimum Gasteiger partial charge on any atom is -0.508 e. The molecule has 1 aromatic carbocycles. The number of esters is 1. The van der Waals surface area contributed by atoms with E-state index in [4.69, 9.17) is 9.47 Å². The first kappa shape index (κ1) is 39.0. The molecule has 278 valence electrons. The van der Waals surface area contributed by atoms with Crippen LogP contribution in [0.15, 0.2) is 24.3 Å². The number of hydrogen-bond donors (Lipinski definition) is 5. The number of piperidine rings is 1. The number of ether oxygens (including phenoxy) is 2. The van der Waals surface area contributed by atoms with Crippen molar-refractivity contribution in [3.05, 3.63) is 29.8 Å². The molecule has 2 bridgehead atoms. The second-order valence-electron chi connectivity index (χ2n) is 14.5. The average molecular weight is 702 g/mol. The monoisotopic (exact) mass is 701 g/mol. The van der Waals surface area contributed by atoms with Crippen LogP contribution in [0.1, 0.15) is 85.6 Å². The predicted octanol–water partition coefficient (Wildman–Crippen LogP) is 1.56. The molecule has 0 saturated carbocycles. The molecule has 0 aliphatic carbocycles. The van der Waals surface area contributed by atoms with Gasteiger partial charge in [-0.2, -0.15) is 0 Å². The summed E-state index contributed by atoms with van der Waals surface area (Å²) in [6.07, 6.45) is -1.57. The average Bonchev–Trinajstić information content (AvgIpc) is 3.45. The number of aliphatic hydroxyl groups excluding tert-OH is 1. The molecular weight excluding hydrogens is 646 g/mol. The Hall–Kier alpha value is -3.75. The van der Waals surface area contributed by atoms with E-state index in [0.717, 1.165) is 0 Å². The molecule has 3 aliphatic rings. The third-order valence-corrected chi connectivity index (χ3v) is 10.1. The van der Waals surface area contributed by atoms with E-state index >= 15 is 0 Å². The van der Waals surface area contributed by atoms with Crippen molar-refractivity contribution in [3.63, 3.8) is 0 Å². The molecule has 10 unspecified atom stereocenters. The molecule has 14 heteroatoms. The summed E-state index contributed by atoms with van der Waals surface area (Å²) in [5.74, 6) is -2.94. The lowest BCUT2D eigenvalue weighted by atomic mass is 9.96. The van der Waals surface area contributed by atoms with Crippen LogP contribution in [0, 0.1) is 11.8 Å². The quantitative estimate of drug-likeness (QED) is 0.261. The Kier molecular flexibility index (Phi) is 13.3. The molecule has 3 heterocycles. The molecule has 14 nitrogen and oxygen atoms in total. The molecule has 50 heavy (non-hydrogen) atoms. The Morgan fingerprint density at radius 3 is 2.26 bits per heavy atom. The fraction of sp³-hybridized carbons (Fsp3) is 0.694. The molecule has 4 rings (SSSR count). The summed E-state index contributed by atoms with van der Waals surface area (Å²) >= 11 is 0. The van der Waals surface area contributed by atoms with Gasteiger partial charge in [0.2, 0.25) is 23.6 Å². The molecule has 4 amide bonds. The number of hydrogen-bond acceptors (Lipinski definition) is 10. The maximum atomic E-state index is 14.2. The molecule has 0 aromatic heterocycles. The number of cyclic esters (lactones) is 1. The number of aliphatic hydroxyl groups is 1. The molecule has 1 aromatic rings. The highest BCUT2D eigenvalue weighted by molar-refractivity contribution is 5.93. The summed E-state index contributed by atoms with van der Waals surface area (Å²) in [5.41, 5.74) is 0.683. The molecular formula is C36H55N5O9. The normalized spacial score (nSPS) is 32.7. The number of nitrogens with zero attached hydrogens (tertiary/aromatic N) is 2. The van der Waals surface area contributed by atoms with E-state index in [0.29, 0.717) is 37.7 Å². The Morgan fingerprint density at radius 2 is 1.64 bits per heavy atom. The third kappa shape index (κ3) is 9.12. The number of phenolic OH excluding ortho intramolecular Hbond substituents is 1. The van der Waals surface area contributed by atoms with Crippen molar-refractivity contribution in [2.75, 3.05) is 7.05 Å². The van der Waals surface area contributed by atoms with Crippen LogP contribution in [0.2, 0.25) is 0 Å². The number of likely N-dealkylation sites (N-methyl/N-ethyl adjacent to an activating group) is 1. The Labute approximate surface area is 294 Å². The van der Waals surface area contributed by atoms with Crippen molar-refractivity contribution >= 4 is 29.6 Å². The third-order valence-electron chi connectivity index (χ3n) is 10.1. The fourth-order valence-corrected chi connectivity index (χ4v) is 7.06. The number of aromatic hydroxyl groups is 1. The van der Waals surface area contributed by atoms with Crippen LogP contribution in [0.4, 0.5) is 0 Å². The Bertz CT molecular complexity index is 1370. The van der Waals surface area contributed by atoms with Gasteiger partial charge in [0.25, 0.3) is 0 Å². The number of fused-ring (bicyclic) bond motifs is 1. The van der Waals surface area contributed by atoms with Gasteiger partial charge in [-0.25, -0.2) is 4.79 Å². The van der Waals surface area contributed by atoms with Crippen LogP contribution in [0.25, 0.3) is 0 Å². The van der Waals surface area contributed by atoms with Gasteiger partial charge in [-0.05, 0) is 75.6 Å². The Morgan fingerprint density at radius 1 is 0.960 bits per heavy atom. The van der Waals surface area contributed by atoms with Gasteiger partial charge in [0.05, 0.1) is 18.6 Å². The first-order valence-electron chi connectivity index (χ1n) is 17.9. The first-order chi connectivity index (χ1) is 23.6. The van der Waals surface area contributed by atoms with E-state index < -0.39 is 84.5 Å². The van der Waals surface area contributed by atoms with Gasteiger partial charge < -0.3 is 40.5 Å². The van der Waals surface area contributed by atoms with Gasteiger partial charge in [-0.15, -0.1) is 0 Å². The summed E-state index contributed by atoms with van der Waals surface area (Å²) in [7, 11) is 1.58. The van der Waals surface area contributed by atoms with Crippen molar-refractivity contribution < 1.29 is 43.7 Å². The number of benzene rings is 1. The smallest absolute Gasteiger partial charge is 0.329 e. The number of carbonyl (C=O) groups is 5. The van der Waals surface area contributed by atoms with Gasteiger partial charge >= 0.3 is 5.97 Å². The Balaban J connectivity index is 1.77. The van der Waals surface area contributed by atoms with Crippen LogP contribution in [0.5, 0.6) is 5.75 Å². The van der Waals surface area contributed by atoms with Gasteiger partial charge in [0, 0.05) is 0 Å². The van der Waals surface area contributed by atoms with Crippen molar-refractivity contribution in [3.8, 4) is 5.75 Å². The minimum atomic E-state index is -1.39. The van der Waals surface area contributed by atoms with Crippen LogP contribution in [-0.2, 0) is 39.9 Å². The number of rotatable bonds is 7. The van der Waals surface area contributed by atoms with E-state index in [1.165, 1.54) is 21.9 Å². The molecule has 3 fully saturated rings. The summed E-state index contributed by atoms with van der Waals surface area (Å²) in [4.78, 5) is 71.7. The molecule has 0 spiro atoms. The summed E-state index contributed by atoms with van der Waals surface area (Å²) in [6.45, 7) is 11.0. The molecule has 3 aliphatic heterocycles. The first-order valence-corrected chi connectivity index (χ1v) is 17.9. The standard InChI is InChI=1S/C36H55N5O9/c1-8-20(5)30-36(48)49-21(6)17-28(43)37-25(16-19(3)4)32(44)38-24-14-15-29-41(34(24)46)31(27(9-2)50-29)35(47)40(7)26(33(45)39-30)18-22-10-12-23(42)13-11-22/h10-13,19-21,24-27,29-31,35,42,47H,8-9,14-18H2,1-7H3,(H,37,43)(H,38,44)(H,39,45). The van der Waals surface area contributed by atoms with Gasteiger partial charge in [0.15, 0.2) is 0 Å². The van der Waals surface area contributed by atoms with Gasteiger partial charge in [-0.1, -0.05) is 53.2 Å². The SMILES string of the molecule is CCC(C)C1NC(=O)C(Cc2ccc(O)cc2)N(C)C(O)C2C(CC)OC3CCC(NC(=O)C(CC(C)C)NC(=O)CC(C)OC1=O)C(=O)N32. The number of phenols is 1. The zero-order chi connectivity index (χ0) is 36.9. The predicted molar refractivity (Wildman–Crippen MR) is 183 cm³/mol. The maximum Gasteiger partial charge on any atom is 0.329 e. The molecule has 5 N–H and O–H groups in total. The summed E-state index contributed by atoms with van der Waals surface area (Å²) < 4.78 is 12.0. The van der Waals surface area contributed by atoms with Gasteiger partial charge in [-0.3, -0.25) is 24.1 Å². The molecule has 10 atom stereocenters. The number of nitrogens with one attached hydrogen (secondary N) is 3. The van der Waals surface area contributed by atoms with Crippen LogP contribution < -0.4 is 16.0 Å². The lowest BCUT2D eigenvalue weighted by molar-refractivity contribution is -0.157. The topological polar surface area (TPSA) is 187 Å². The highest BCUT2D eigenvalue weighted by Gasteiger charge is 2.53. The van der Waals surface area contributed by atoms with Crippen LogP contribution in [0.3, 0.4) is 0 Å². The van der Waals surface area contributed by atoms with Crippen molar-refractivity contribution in [1.29, 1.82) is 0 Å². The summed E-state index contributed by atoms with van der Waals surface area (Å²) in [5, 5.41) is 30.4. The zero-order valence-corrected chi connectivity index (χ0v) is 30.3. The zero-order valence-electron chi connectivity index (χ0n) is 30.3. The van der Waals surface area contributed by atoms with Crippen molar-refractivity contribution in [2.24, 2.45) is 11.8 Å². The van der Waals surface area contributed by atoms with E-state index in [-0.39, 0.29) is 30.4 Å². The largest absolute Gasteiger partial charge is 0.508 e. The van der Waals surface area contributed by atoms with E-state index in [1.54, 1.807) is 26.1 Å². The minimum absolute atomic E-state index is 0.0381.